The summed E-state index contributed by atoms with van der Waals surface area (Å²) in [4.78, 5) is 6.21. The van der Waals surface area contributed by atoms with E-state index in [1.54, 1.807) is 0 Å². The number of amidine groups is 1. The Labute approximate surface area is 82.9 Å². The first-order valence-electron chi connectivity index (χ1n) is 3.72. The monoisotopic (exact) mass is 214 g/mol. The molecule has 1 rings (SSSR count). The Kier molecular flexibility index (Phi) is 2.90. The van der Waals surface area contributed by atoms with Crippen LogP contribution in [0.25, 0.3) is 0 Å². The van der Waals surface area contributed by atoms with E-state index in [1.165, 1.54) is 13.0 Å². The van der Waals surface area contributed by atoms with Crippen molar-refractivity contribution >= 4 is 11.7 Å². The quantitative estimate of drug-likeness (QED) is 0.436. The van der Waals surface area contributed by atoms with Crippen LogP contribution in [0.3, 0.4) is 0 Å². The molecule has 0 saturated carbocycles. The molecule has 15 heavy (non-hydrogen) atoms. The van der Waals surface area contributed by atoms with Crippen LogP contribution in [0.5, 0.6) is 0 Å². The number of hydrogen-bond donors (Lipinski definition) is 1. The number of hydrogen-bond acceptors (Lipinski definition) is 3. The molecule has 1 aromatic rings. The number of nitrogens with zero attached hydrogens (tertiary/aromatic N) is 3. The zero-order chi connectivity index (χ0) is 11.6. The maximum atomic E-state index is 13.2. The highest BCUT2D eigenvalue weighted by Gasteiger charge is 2.19. The van der Waals surface area contributed by atoms with E-state index in [2.05, 4.69) is 9.98 Å². The Morgan fingerprint density at radius 2 is 2.00 bits per heavy atom. The van der Waals surface area contributed by atoms with E-state index in [0.717, 1.165) is 0 Å². The largest absolute Gasteiger partial charge is 0.387 e. The zero-order valence-electron chi connectivity index (χ0n) is 7.55. The van der Waals surface area contributed by atoms with Gasteiger partial charge in [-0.15, -0.1) is 0 Å². The van der Waals surface area contributed by atoms with E-state index < -0.39 is 29.0 Å². The van der Waals surface area contributed by atoms with E-state index >= 15 is 0 Å². The van der Waals surface area contributed by atoms with Gasteiger partial charge in [0, 0.05) is 0 Å². The van der Waals surface area contributed by atoms with Crippen molar-refractivity contribution in [3.8, 4) is 6.07 Å². The molecule has 0 fully saturated rings. The molecule has 1 heterocycles. The van der Waals surface area contributed by atoms with Gasteiger partial charge in [0.25, 0.3) is 5.95 Å². The lowest BCUT2D eigenvalue weighted by molar-refractivity contribution is 0.463. The van der Waals surface area contributed by atoms with Crippen molar-refractivity contribution < 1.29 is 13.2 Å². The Morgan fingerprint density at radius 3 is 2.47 bits per heavy atom. The van der Waals surface area contributed by atoms with Gasteiger partial charge in [0.2, 0.25) is 0 Å². The van der Waals surface area contributed by atoms with Crippen LogP contribution in [-0.2, 0) is 0 Å². The smallest absolute Gasteiger partial charge is 0.252 e. The minimum Gasteiger partial charge on any atom is -0.387 e. The van der Waals surface area contributed by atoms with Gasteiger partial charge in [-0.25, -0.2) is 13.8 Å². The van der Waals surface area contributed by atoms with E-state index in [1.807, 2.05) is 0 Å². The fourth-order valence-electron chi connectivity index (χ4n) is 0.842. The van der Waals surface area contributed by atoms with Gasteiger partial charge < -0.3 is 5.73 Å². The molecule has 0 bridgehead atoms. The number of nitrogens with two attached hydrogens (primary N) is 1. The summed E-state index contributed by atoms with van der Waals surface area (Å²) in [5.74, 6) is -5.39. The molecular weight excluding hydrogens is 209 g/mol. The maximum absolute atomic E-state index is 13.2. The van der Waals surface area contributed by atoms with Crippen LogP contribution in [0, 0.1) is 28.9 Å². The molecule has 78 valence electrons. The number of nitriles is 1. The molecule has 2 N–H and O–H groups in total. The lowest BCUT2D eigenvalue weighted by Crippen LogP contribution is -2.06. The minimum absolute atomic E-state index is 0.0868. The SMILES string of the molecule is CC(N)=Nc1nc(F)c(F)c(C#N)c1F. The van der Waals surface area contributed by atoms with Crippen LogP contribution < -0.4 is 5.73 Å². The molecule has 0 amide bonds. The highest BCUT2D eigenvalue weighted by molar-refractivity contribution is 5.80. The van der Waals surface area contributed by atoms with Crippen molar-refractivity contribution in [1.82, 2.24) is 4.98 Å². The fourth-order valence-corrected chi connectivity index (χ4v) is 0.842. The second kappa shape index (κ2) is 3.96. The van der Waals surface area contributed by atoms with Crippen molar-refractivity contribution in [3.63, 3.8) is 0 Å². The molecule has 0 aliphatic rings. The number of aliphatic imine (C=N–C) groups is 1. The van der Waals surface area contributed by atoms with Gasteiger partial charge in [0.05, 0.1) is 5.84 Å². The fraction of sp³-hybridized carbons (Fsp3) is 0.125. The molecule has 0 atom stereocenters. The molecule has 1 aromatic heterocycles. The Morgan fingerprint density at radius 1 is 1.40 bits per heavy atom. The third-order valence-corrected chi connectivity index (χ3v) is 1.41. The normalized spacial score (nSPS) is 11.3. The van der Waals surface area contributed by atoms with Crippen molar-refractivity contribution in [3.05, 3.63) is 23.1 Å². The van der Waals surface area contributed by atoms with Gasteiger partial charge >= 0.3 is 0 Å². The maximum Gasteiger partial charge on any atom is 0.252 e. The second-order valence-electron chi connectivity index (χ2n) is 2.59. The van der Waals surface area contributed by atoms with Crippen LogP contribution in [0.1, 0.15) is 12.5 Å². The third kappa shape index (κ3) is 2.04. The van der Waals surface area contributed by atoms with Crippen LogP contribution >= 0.6 is 0 Å². The van der Waals surface area contributed by atoms with E-state index in [9.17, 15) is 13.2 Å². The number of rotatable bonds is 1. The van der Waals surface area contributed by atoms with Gasteiger partial charge in [-0.05, 0) is 6.92 Å². The average Bonchev–Trinajstić information content (AvgIpc) is 2.14. The predicted molar refractivity (Wildman–Crippen MR) is 45.8 cm³/mol. The summed E-state index contributed by atoms with van der Waals surface area (Å²) in [5.41, 5.74) is 4.05. The van der Waals surface area contributed by atoms with Gasteiger partial charge in [-0.2, -0.15) is 14.6 Å². The minimum atomic E-state index is -1.64. The van der Waals surface area contributed by atoms with Gasteiger partial charge in [0.15, 0.2) is 17.5 Å². The highest BCUT2D eigenvalue weighted by atomic mass is 19.2. The molecular formula is C8H5F3N4. The summed E-state index contributed by atoms with van der Waals surface area (Å²) in [6, 6.07) is 1.18. The van der Waals surface area contributed by atoms with E-state index in [-0.39, 0.29) is 5.84 Å². The average molecular weight is 214 g/mol. The molecule has 0 aliphatic carbocycles. The first-order valence-corrected chi connectivity index (χ1v) is 3.72. The Balaban J connectivity index is 3.52. The molecule has 0 radical (unpaired) electrons. The molecule has 4 nitrogen and oxygen atoms in total. The van der Waals surface area contributed by atoms with E-state index in [0.29, 0.717) is 0 Å². The van der Waals surface area contributed by atoms with Crippen molar-refractivity contribution in [2.24, 2.45) is 10.7 Å². The lowest BCUT2D eigenvalue weighted by Gasteiger charge is -2.00. The third-order valence-electron chi connectivity index (χ3n) is 1.41. The summed E-state index contributed by atoms with van der Waals surface area (Å²) in [5, 5.41) is 8.38. The zero-order valence-corrected chi connectivity index (χ0v) is 7.55. The molecule has 7 heteroatoms. The van der Waals surface area contributed by atoms with Gasteiger partial charge in [-0.1, -0.05) is 0 Å². The highest BCUT2D eigenvalue weighted by Crippen LogP contribution is 2.22. The Bertz CT molecular complexity index is 472. The first kappa shape index (κ1) is 11.0. The number of halogens is 3. The van der Waals surface area contributed by atoms with Crippen molar-refractivity contribution in [2.45, 2.75) is 6.92 Å². The van der Waals surface area contributed by atoms with Crippen LogP contribution in [0.15, 0.2) is 4.99 Å². The molecule has 0 aromatic carbocycles. The molecule has 0 spiro atoms. The standard InChI is InChI=1S/C8H5F3N4/c1-3(13)14-8-6(10)4(2-12)5(9)7(11)15-8/h1H3,(H2,13,14,15). The lowest BCUT2D eigenvalue weighted by atomic mass is 10.2. The molecule has 0 saturated heterocycles. The van der Waals surface area contributed by atoms with Crippen LogP contribution in [0.4, 0.5) is 19.0 Å². The second-order valence-corrected chi connectivity index (χ2v) is 2.59. The van der Waals surface area contributed by atoms with E-state index in [4.69, 9.17) is 11.0 Å². The van der Waals surface area contributed by atoms with Crippen molar-refractivity contribution in [2.75, 3.05) is 0 Å². The summed E-state index contributed by atoms with van der Waals surface area (Å²) in [6.07, 6.45) is 0. The predicted octanol–water partition coefficient (Wildman–Crippen LogP) is 1.38. The van der Waals surface area contributed by atoms with Crippen LogP contribution in [-0.4, -0.2) is 10.8 Å². The van der Waals surface area contributed by atoms with Gasteiger partial charge in [-0.3, -0.25) is 0 Å². The topological polar surface area (TPSA) is 75.1 Å². The van der Waals surface area contributed by atoms with Crippen molar-refractivity contribution in [1.29, 1.82) is 5.26 Å². The van der Waals surface area contributed by atoms with Crippen LogP contribution in [0.2, 0.25) is 0 Å². The molecule has 0 unspecified atom stereocenters. The summed E-state index contributed by atoms with van der Waals surface area (Å²) >= 11 is 0. The molecule has 0 aliphatic heterocycles. The number of aromatic nitrogens is 1. The first-order chi connectivity index (χ1) is 6.97. The summed E-state index contributed by atoms with van der Waals surface area (Å²) < 4.78 is 38.8. The van der Waals surface area contributed by atoms with Gasteiger partial charge in [0.1, 0.15) is 11.6 Å². The Hall–Kier alpha value is -2.10. The summed E-state index contributed by atoms with van der Waals surface area (Å²) in [7, 11) is 0. The number of pyridine rings is 1. The summed E-state index contributed by atoms with van der Waals surface area (Å²) in [6.45, 7) is 1.31.